The van der Waals surface area contributed by atoms with E-state index in [4.69, 9.17) is 5.26 Å². The molecule has 0 saturated carbocycles. The Hall–Kier alpha value is -1.34. The second kappa shape index (κ2) is 5.13. The highest BCUT2D eigenvalue weighted by Gasteiger charge is 2.18. The Morgan fingerprint density at radius 1 is 1.62 bits per heavy atom. The van der Waals surface area contributed by atoms with Gasteiger partial charge in [-0.3, -0.25) is 4.68 Å². The van der Waals surface area contributed by atoms with Crippen molar-refractivity contribution in [1.82, 2.24) is 14.7 Å². The Morgan fingerprint density at radius 2 is 2.50 bits per heavy atom. The molecule has 0 aromatic carbocycles. The van der Waals surface area contributed by atoms with E-state index in [2.05, 4.69) is 22.3 Å². The SMILES string of the molecule is Cn1cc(CCN2CCCC(C#N)C2)cn1. The second-order valence-corrected chi connectivity index (χ2v) is 4.54. The molecule has 1 aromatic rings. The van der Waals surface area contributed by atoms with Crippen LogP contribution in [0.1, 0.15) is 18.4 Å². The zero-order chi connectivity index (χ0) is 11.4. The summed E-state index contributed by atoms with van der Waals surface area (Å²) in [5.74, 6) is 0.239. The van der Waals surface area contributed by atoms with Gasteiger partial charge in [0, 0.05) is 26.3 Å². The van der Waals surface area contributed by atoms with Crippen molar-refractivity contribution >= 4 is 0 Å². The fourth-order valence-electron chi connectivity index (χ4n) is 2.25. The first-order valence-electron chi connectivity index (χ1n) is 5.87. The molecule has 2 heterocycles. The lowest BCUT2D eigenvalue weighted by Gasteiger charge is -2.29. The van der Waals surface area contributed by atoms with E-state index in [-0.39, 0.29) is 5.92 Å². The predicted octanol–water partition coefficient (Wildman–Crippen LogP) is 1.20. The van der Waals surface area contributed by atoms with E-state index in [1.807, 2.05) is 17.9 Å². The van der Waals surface area contributed by atoms with Gasteiger partial charge in [-0.15, -0.1) is 0 Å². The van der Waals surface area contributed by atoms with Gasteiger partial charge in [-0.25, -0.2) is 0 Å². The molecule has 1 aliphatic rings. The molecular weight excluding hydrogens is 200 g/mol. The molecule has 1 unspecified atom stereocenters. The van der Waals surface area contributed by atoms with Crippen molar-refractivity contribution in [3.05, 3.63) is 18.0 Å². The van der Waals surface area contributed by atoms with Crippen molar-refractivity contribution in [1.29, 1.82) is 5.26 Å². The minimum Gasteiger partial charge on any atom is -0.302 e. The summed E-state index contributed by atoms with van der Waals surface area (Å²) in [6.45, 7) is 3.12. The van der Waals surface area contributed by atoms with E-state index in [0.29, 0.717) is 0 Å². The molecule has 1 fully saturated rings. The monoisotopic (exact) mass is 218 g/mol. The number of likely N-dealkylation sites (tertiary alicyclic amines) is 1. The van der Waals surface area contributed by atoms with Crippen LogP contribution in [-0.4, -0.2) is 34.3 Å². The molecule has 1 atom stereocenters. The zero-order valence-electron chi connectivity index (χ0n) is 9.76. The highest BCUT2D eigenvalue weighted by molar-refractivity contribution is 5.04. The average molecular weight is 218 g/mol. The van der Waals surface area contributed by atoms with Crippen LogP contribution in [0.3, 0.4) is 0 Å². The molecule has 0 bridgehead atoms. The fourth-order valence-corrected chi connectivity index (χ4v) is 2.25. The van der Waals surface area contributed by atoms with Crippen LogP contribution in [-0.2, 0) is 13.5 Å². The van der Waals surface area contributed by atoms with Gasteiger partial charge in [0.25, 0.3) is 0 Å². The summed E-state index contributed by atoms with van der Waals surface area (Å²) in [5.41, 5.74) is 1.28. The number of aromatic nitrogens is 2. The van der Waals surface area contributed by atoms with Crippen molar-refractivity contribution in [3.63, 3.8) is 0 Å². The lowest BCUT2D eigenvalue weighted by atomic mass is 9.99. The largest absolute Gasteiger partial charge is 0.302 e. The predicted molar refractivity (Wildman–Crippen MR) is 61.7 cm³/mol. The van der Waals surface area contributed by atoms with Crippen LogP contribution in [0.5, 0.6) is 0 Å². The third kappa shape index (κ3) is 2.83. The van der Waals surface area contributed by atoms with Crippen molar-refractivity contribution in [2.24, 2.45) is 13.0 Å². The molecule has 0 aliphatic carbocycles. The maximum absolute atomic E-state index is 8.91. The zero-order valence-corrected chi connectivity index (χ0v) is 9.76. The van der Waals surface area contributed by atoms with E-state index < -0.39 is 0 Å². The van der Waals surface area contributed by atoms with Gasteiger partial charge in [0.05, 0.1) is 18.2 Å². The first kappa shape index (κ1) is 11.2. The molecule has 0 amide bonds. The van der Waals surface area contributed by atoms with Crippen LogP contribution in [0.15, 0.2) is 12.4 Å². The molecule has 0 radical (unpaired) electrons. The Bertz CT molecular complexity index is 377. The van der Waals surface area contributed by atoms with Gasteiger partial charge < -0.3 is 4.90 Å². The van der Waals surface area contributed by atoms with Gasteiger partial charge in [0.1, 0.15) is 0 Å². The highest BCUT2D eigenvalue weighted by atomic mass is 15.2. The number of piperidine rings is 1. The summed E-state index contributed by atoms with van der Waals surface area (Å²) < 4.78 is 1.84. The van der Waals surface area contributed by atoms with Gasteiger partial charge in [-0.05, 0) is 31.4 Å². The highest BCUT2D eigenvalue weighted by Crippen LogP contribution is 2.15. The maximum atomic E-state index is 8.91. The summed E-state index contributed by atoms with van der Waals surface area (Å²) in [6, 6.07) is 2.38. The molecule has 0 spiro atoms. The van der Waals surface area contributed by atoms with Crippen LogP contribution in [0.2, 0.25) is 0 Å². The standard InChI is InChI=1S/C12H18N4/c1-15-9-12(8-14-15)4-6-16-5-2-3-11(7-13)10-16/h8-9,11H,2-6,10H2,1H3. The minimum absolute atomic E-state index is 0.239. The van der Waals surface area contributed by atoms with Crippen molar-refractivity contribution in [3.8, 4) is 6.07 Å². The van der Waals surface area contributed by atoms with Crippen molar-refractivity contribution in [2.45, 2.75) is 19.3 Å². The first-order chi connectivity index (χ1) is 7.78. The van der Waals surface area contributed by atoms with Gasteiger partial charge in [0.15, 0.2) is 0 Å². The lowest BCUT2D eigenvalue weighted by molar-refractivity contribution is 0.202. The molecule has 1 aliphatic heterocycles. The van der Waals surface area contributed by atoms with Crippen LogP contribution in [0.25, 0.3) is 0 Å². The average Bonchev–Trinajstić information content (AvgIpc) is 2.73. The van der Waals surface area contributed by atoms with Crippen LogP contribution >= 0.6 is 0 Å². The second-order valence-electron chi connectivity index (χ2n) is 4.54. The number of hydrogen-bond donors (Lipinski definition) is 0. The summed E-state index contributed by atoms with van der Waals surface area (Å²) in [5, 5.41) is 13.1. The molecule has 4 nitrogen and oxygen atoms in total. The van der Waals surface area contributed by atoms with E-state index in [9.17, 15) is 0 Å². The van der Waals surface area contributed by atoms with E-state index in [0.717, 1.165) is 38.9 Å². The molecule has 4 heteroatoms. The van der Waals surface area contributed by atoms with E-state index >= 15 is 0 Å². The van der Waals surface area contributed by atoms with Crippen LogP contribution in [0, 0.1) is 17.2 Å². The molecular formula is C12H18N4. The topological polar surface area (TPSA) is 44.9 Å². The summed E-state index contributed by atoms with van der Waals surface area (Å²) >= 11 is 0. The van der Waals surface area contributed by atoms with Gasteiger partial charge >= 0.3 is 0 Å². The molecule has 16 heavy (non-hydrogen) atoms. The number of nitrogens with zero attached hydrogens (tertiary/aromatic N) is 4. The van der Waals surface area contributed by atoms with Crippen LogP contribution in [0.4, 0.5) is 0 Å². The van der Waals surface area contributed by atoms with Gasteiger partial charge in [-0.1, -0.05) is 0 Å². The van der Waals surface area contributed by atoms with Gasteiger partial charge in [0.2, 0.25) is 0 Å². The lowest BCUT2D eigenvalue weighted by Crippen LogP contribution is -2.36. The smallest absolute Gasteiger partial charge is 0.0669 e. The number of hydrogen-bond acceptors (Lipinski definition) is 3. The molecule has 0 N–H and O–H groups in total. The summed E-state index contributed by atoms with van der Waals surface area (Å²) in [6.07, 6.45) is 7.24. The number of rotatable bonds is 3. The maximum Gasteiger partial charge on any atom is 0.0669 e. The van der Waals surface area contributed by atoms with Crippen molar-refractivity contribution < 1.29 is 0 Å². The number of nitriles is 1. The van der Waals surface area contributed by atoms with Gasteiger partial charge in [-0.2, -0.15) is 10.4 Å². The van der Waals surface area contributed by atoms with E-state index in [1.54, 1.807) is 0 Å². The van der Waals surface area contributed by atoms with Crippen molar-refractivity contribution in [2.75, 3.05) is 19.6 Å². The Morgan fingerprint density at radius 3 is 3.19 bits per heavy atom. The molecule has 2 rings (SSSR count). The minimum atomic E-state index is 0.239. The fraction of sp³-hybridized carbons (Fsp3) is 0.667. The Kier molecular flexibility index (Phi) is 3.58. The first-order valence-corrected chi connectivity index (χ1v) is 5.87. The third-order valence-electron chi connectivity index (χ3n) is 3.16. The summed E-state index contributed by atoms with van der Waals surface area (Å²) in [7, 11) is 1.94. The quantitative estimate of drug-likeness (QED) is 0.765. The third-order valence-corrected chi connectivity index (χ3v) is 3.16. The van der Waals surface area contributed by atoms with E-state index in [1.165, 1.54) is 5.56 Å². The summed E-state index contributed by atoms with van der Waals surface area (Å²) in [4.78, 5) is 2.39. The number of aryl methyl sites for hydroxylation is 1. The molecule has 1 saturated heterocycles. The Balaban J connectivity index is 1.80. The Labute approximate surface area is 96.5 Å². The normalized spacial score (nSPS) is 21.9. The molecule has 1 aromatic heterocycles. The molecule has 86 valence electrons. The van der Waals surface area contributed by atoms with Crippen LogP contribution < -0.4 is 0 Å².